The van der Waals surface area contributed by atoms with E-state index in [4.69, 9.17) is 4.74 Å². The Morgan fingerprint density at radius 1 is 1.00 bits per heavy atom. The van der Waals surface area contributed by atoms with Crippen LogP contribution in [-0.4, -0.2) is 25.3 Å². The molecule has 2 heterocycles. The highest BCUT2D eigenvalue weighted by Crippen LogP contribution is 2.48. The number of likely N-dealkylation sites (N-methyl/N-ethyl adjacent to an activating group) is 1. The Balaban J connectivity index is 0.000000970. The molecule has 0 saturated heterocycles. The molecule has 0 saturated carbocycles. The van der Waals surface area contributed by atoms with Crippen LogP contribution in [0.4, 0.5) is 11.4 Å². The summed E-state index contributed by atoms with van der Waals surface area (Å²) in [6.07, 6.45) is 3.94. The lowest BCUT2D eigenvalue weighted by atomic mass is 9.83. The number of nitrogens with zero attached hydrogens (tertiary/aromatic N) is 3. The maximum Gasteiger partial charge on any atom is 0.280 e. The van der Waals surface area contributed by atoms with Gasteiger partial charge in [-0.05, 0) is 61.9 Å². The first-order chi connectivity index (χ1) is 16.3. The monoisotopic (exact) mass is 461 g/mol. The van der Waals surface area contributed by atoms with Crippen LogP contribution in [0, 0.1) is 0 Å². The summed E-state index contributed by atoms with van der Waals surface area (Å²) < 4.78 is 5.70. The second-order valence-electron chi connectivity index (χ2n) is 8.07. The van der Waals surface area contributed by atoms with Crippen LogP contribution >= 0.6 is 0 Å². The molecule has 0 fully saturated rings. The van der Waals surface area contributed by atoms with Gasteiger partial charge in [-0.1, -0.05) is 59.7 Å². The van der Waals surface area contributed by atoms with Gasteiger partial charge in [0.05, 0.1) is 23.6 Å². The largest absolute Gasteiger partial charge is 0.494 e. The first-order valence-electron chi connectivity index (χ1n) is 12.2. The van der Waals surface area contributed by atoms with Crippen LogP contribution in [0.25, 0.3) is 0 Å². The number of hydrazone groups is 1. The standard InChI is InChI=1S/C25H27N3O2.2C2H6/c1-6-30-19-12-14-22-21(16-19)25(3,4)23(27(22)5)15-13-20-17(2)26-28(24(20)29)18-10-8-7-9-11-18;2*1-2/h7-16H,6H2,1-5H3;2*1-2H3/b20-13-,23-15+;;. The first-order valence-corrected chi connectivity index (χ1v) is 12.2. The minimum absolute atomic E-state index is 0.106. The Labute approximate surface area is 205 Å². The Bertz CT molecular complexity index is 1080. The molecule has 0 aliphatic carbocycles. The van der Waals surface area contributed by atoms with Crippen molar-refractivity contribution in [1.82, 2.24) is 0 Å². The third-order valence-corrected chi connectivity index (χ3v) is 5.79. The third-order valence-electron chi connectivity index (χ3n) is 5.79. The lowest BCUT2D eigenvalue weighted by Crippen LogP contribution is -2.23. The zero-order valence-electron chi connectivity index (χ0n) is 22.1. The summed E-state index contributed by atoms with van der Waals surface area (Å²) in [5.74, 6) is 0.773. The molecule has 5 heteroatoms. The summed E-state index contributed by atoms with van der Waals surface area (Å²) in [7, 11) is 2.06. The zero-order chi connectivity index (χ0) is 25.5. The van der Waals surface area contributed by atoms with Gasteiger partial charge in [-0.3, -0.25) is 4.79 Å². The molecule has 1 amide bonds. The summed E-state index contributed by atoms with van der Waals surface area (Å²) in [5.41, 5.74) is 5.39. The van der Waals surface area contributed by atoms with Gasteiger partial charge in [0.1, 0.15) is 5.75 Å². The molecule has 0 bridgehead atoms. The van der Waals surface area contributed by atoms with Gasteiger partial charge in [0.2, 0.25) is 0 Å². The molecule has 4 rings (SSSR count). The summed E-state index contributed by atoms with van der Waals surface area (Å²) >= 11 is 0. The second-order valence-corrected chi connectivity index (χ2v) is 8.07. The van der Waals surface area contributed by atoms with Crippen molar-refractivity contribution in [3.05, 3.63) is 77.5 Å². The lowest BCUT2D eigenvalue weighted by molar-refractivity contribution is -0.114. The van der Waals surface area contributed by atoms with Crippen LogP contribution in [0.5, 0.6) is 5.75 Å². The number of amides is 1. The van der Waals surface area contributed by atoms with Crippen molar-refractivity contribution in [2.45, 2.75) is 60.8 Å². The van der Waals surface area contributed by atoms with Crippen molar-refractivity contribution in [2.75, 3.05) is 23.6 Å². The van der Waals surface area contributed by atoms with Crippen molar-refractivity contribution < 1.29 is 9.53 Å². The highest BCUT2D eigenvalue weighted by Gasteiger charge is 2.38. The van der Waals surface area contributed by atoms with Gasteiger partial charge in [0.25, 0.3) is 5.91 Å². The molecule has 0 N–H and O–H groups in total. The van der Waals surface area contributed by atoms with Crippen LogP contribution in [0.15, 0.2) is 77.1 Å². The van der Waals surface area contributed by atoms with Crippen LogP contribution in [0.1, 0.15) is 61.0 Å². The molecule has 0 spiro atoms. The number of rotatable bonds is 4. The fourth-order valence-corrected chi connectivity index (χ4v) is 4.19. The van der Waals surface area contributed by atoms with Crippen LogP contribution in [-0.2, 0) is 10.2 Å². The predicted octanol–water partition coefficient (Wildman–Crippen LogP) is 7.10. The number of fused-ring (bicyclic) bond motifs is 1. The van der Waals surface area contributed by atoms with Gasteiger partial charge < -0.3 is 9.64 Å². The van der Waals surface area contributed by atoms with Gasteiger partial charge in [0, 0.05) is 23.8 Å². The third kappa shape index (κ3) is 5.09. The first kappa shape index (κ1) is 26.9. The van der Waals surface area contributed by atoms with E-state index in [0.717, 1.165) is 28.5 Å². The summed E-state index contributed by atoms with van der Waals surface area (Å²) in [6, 6.07) is 15.7. The van der Waals surface area contributed by atoms with E-state index in [1.807, 2.05) is 90.1 Å². The van der Waals surface area contributed by atoms with Crippen molar-refractivity contribution >= 4 is 23.0 Å². The van der Waals surface area contributed by atoms with Crippen molar-refractivity contribution in [3.63, 3.8) is 0 Å². The molecule has 2 aliphatic rings. The van der Waals surface area contributed by atoms with E-state index in [1.54, 1.807) is 0 Å². The minimum atomic E-state index is -0.208. The predicted molar refractivity (Wildman–Crippen MR) is 145 cm³/mol. The Kier molecular flexibility index (Phi) is 9.25. The van der Waals surface area contributed by atoms with E-state index in [9.17, 15) is 4.79 Å². The quantitative estimate of drug-likeness (QED) is 0.456. The fraction of sp³-hybridized carbons (Fsp3) is 0.379. The number of hydrogen-bond acceptors (Lipinski definition) is 4. The van der Waals surface area contributed by atoms with E-state index >= 15 is 0 Å². The molecule has 2 aromatic carbocycles. The number of carbonyl (C=O) groups excluding carboxylic acids is 1. The molecule has 2 aliphatic heterocycles. The maximum absolute atomic E-state index is 13.0. The average Bonchev–Trinajstić information content (AvgIpc) is 3.25. The minimum Gasteiger partial charge on any atom is -0.494 e. The summed E-state index contributed by atoms with van der Waals surface area (Å²) in [5, 5.41) is 5.93. The Morgan fingerprint density at radius 3 is 2.26 bits per heavy atom. The molecule has 0 aromatic heterocycles. The highest BCUT2D eigenvalue weighted by molar-refractivity contribution is 6.29. The molecular formula is C29H39N3O2. The molecule has 5 nitrogen and oxygen atoms in total. The van der Waals surface area contributed by atoms with E-state index < -0.39 is 0 Å². The van der Waals surface area contributed by atoms with Crippen LogP contribution in [0.3, 0.4) is 0 Å². The molecular weight excluding hydrogens is 422 g/mol. The van der Waals surface area contributed by atoms with E-state index in [0.29, 0.717) is 12.2 Å². The van der Waals surface area contributed by atoms with Crippen molar-refractivity contribution in [1.29, 1.82) is 0 Å². The second kappa shape index (κ2) is 11.7. The summed E-state index contributed by atoms with van der Waals surface area (Å²) in [4.78, 5) is 15.2. The molecule has 2 aromatic rings. The average molecular weight is 462 g/mol. The van der Waals surface area contributed by atoms with Gasteiger partial charge in [-0.25, -0.2) is 0 Å². The van der Waals surface area contributed by atoms with Crippen molar-refractivity contribution in [3.8, 4) is 5.75 Å². The Hall–Kier alpha value is -3.34. The van der Waals surface area contributed by atoms with Gasteiger partial charge in [0.15, 0.2) is 0 Å². The lowest BCUT2D eigenvalue weighted by Gasteiger charge is -2.23. The number of anilines is 2. The summed E-state index contributed by atoms with van der Waals surface area (Å²) in [6.45, 7) is 16.9. The Morgan fingerprint density at radius 2 is 1.65 bits per heavy atom. The topological polar surface area (TPSA) is 45.1 Å². The van der Waals surface area contributed by atoms with Gasteiger partial charge >= 0.3 is 0 Å². The number of para-hydroxylation sites is 1. The molecule has 0 atom stereocenters. The molecule has 0 unspecified atom stereocenters. The molecule has 0 radical (unpaired) electrons. The van der Waals surface area contributed by atoms with Gasteiger partial charge in [-0.15, -0.1) is 0 Å². The zero-order valence-corrected chi connectivity index (χ0v) is 22.1. The van der Waals surface area contributed by atoms with Crippen LogP contribution in [0.2, 0.25) is 0 Å². The van der Waals surface area contributed by atoms with Crippen molar-refractivity contribution in [2.24, 2.45) is 5.10 Å². The SMILES string of the molecule is CC.CC.CCOc1ccc2c(c1)C(C)(C)/C(=C\C=C1/C(=O)N(c3ccccc3)N=C1C)N2C. The molecule has 34 heavy (non-hydrogen) atoms. The van der Waals surface area contributed by atoms with E-state index in [1.165, 1.54) is 10.6 Å². The van der Waals surface area contributed by atoms with E-state index in [-0.39, 0.29) is 11.3 Å². The maximum atomic E-state index is 13.0. The number of hydrogen-bond donors (Lipinski definition) is 0. The fourth-order valence-electron chi connectivity index (χ4n) is 4.19. The smallest absolute Gasteiger partial charge is 0.280 e. The highest BCUT2D eigenvalue weighted by atomic mass is 16.5. The number of benzene rings is 2. The van der Waals surface area contributed by atoms with E-state index in [2.05, 4.69) is 43.0 Å². The van der Waals surface area contributed by atoms with Gasteiger partial charge in [-0.2, -0.15) is 10.1 Å². The van der Waals surface area contributed by atoms with Crippen LogP contribution < -0.4 is 14.6 Å². The number of carbonyl (C=O) groups is 1. The normalized spacial score (nSPS) is 18.1. The number of ether oxygens (including phenoxy) is 1. The molecule has 182 valence electrons. The number of allylic oxidation sites excluding steroid dienone is 3.